The number of nitrogens with zero attached hydrogens (tertiary/aromatic N) is 2. The summed E-state index contributed by atoms with van der Waals surface area (Å²) in [6.45, 7) is 4.89. The topological polar surface area (TPSA) is 103 Å². The minimum atomic E-state index is -0.625. The van der Waals surface area contributed by atoms with Gasteiger partial charge in [-0.25, -0.2) is 9.78 Å². The fourth-order valence-electron chi connectivity index (χ4n) is 4.03. The summed E-state index contributed by atoms with van der Waals surface area (Å²) in [5.74, 6) is 2.81. The van der Waals surface area contributed by atoms with Crippen LogP contribution in [0.3, 0.4) is 0 Å². The summed E-state index contributed by atoms with van der Waals surface area (Å²) in [6.07, 6.45) is 0.773. The highest BCUT2D eigenvalue weighted by atomic mass is 16.6. The number of aromatic nitrogens is 1. The molecule has 0 saturated heterocycles. The molecule has 214 valence electrons. The zero-order chi connectivity index (χ0) is 29.0. The number of oxazole rings is 1. The highest BCUT2D eigenvalue weighted by molar-refractivity contribution is 5.82. The first-order chi connectivity index (χ1) is 19.9. The molecule has 2 amide bonds. The number of benzene rings is 3. The zero-order valence-corrected chi connectivity index (χ0v) is 23.6. The molecule has 41 heavy (non-hydrogen) atoms. The maximum atomic E-state index is 13.0. The Labute approximate surface area is 240 Å². The lowest BCUT2D eigenvalue weighted by Crippen LogP contribution is -2.41. The molecule has 3 aromatic carbocycles. The lowest BCUT2D eigenvalue weighted by molar-refractivity contribution is -0.121. The van der Waals surface area contributed by atoms with Crippen molar-refractivity contribution >= 4 is 12.0 Å². The molecule has 0 saturated carbocycles. The highest BCUT2D eigenvalue weighted by Gasteiger charge is 2.20. The highest BCUT2D eigenvalue weighted by Crippen LogP contribution is 2.22. The van der Waals surface area contributed by atoms with Gasteiger partial charge in [-0.3, -0.25) is 9.69 Å². The monoisotopic (exact) mass is 557 g/mol. The minimum absolute atomic E-state index is 0.130. The van der Waals surface area contributed by atoms with E-state index in [2.05, 4.69) is 10.3 Å². The Kier molecular flexibility index (Phi) is 10.4. The van der Waals surface area contributed by atoms with Gasteiger partial charge in [0.25, 0.3) is 0 Å². The van der Waals surface area contributed by atoms with Crippen LogP contribution in [0.2, 0.25) is 0 Å². The summed E-state index contributed by atoms with van der Waals surface area (Å²) in [5, 5.41) is 2.81. The predicted octanol–water partition coefficient (Wildman–Crippen LogP) is 5.81. The van der Waals surface area contributed by atoms with Gasteiger partial charge < -0.3 is 23.9 Å². The molecule has 1 heterocycles. The van der Waals surface area contributed by atoms with Crippen LogP contribution < -0.4 is 19.5 Å². The second-order valence-corrected chi connectivity index (χ2v) is 9.38. The van der Waals surface area contributed by atoms with Gasteiger partial charge in [-0.05, 0) is 67.4 Å². The molecular formula is C32H35N3O6. The van der Waals surface area contributed by atoms with Gasteiger partial charge in [0.15, 0.2) is 0 Å². The van der Waals surface area contributed by atoms with Gasteiger partial charge in [0.2, 0.25) is 11.8 Å². The van der Waals surface area contributed by atoms with E-state index in [-0.39, 0.29) is 19.0 Å². The Hall–Kier alpha value is -4.79. The van der Waals surface area contributed by atoms with Gasteiger partial charge in [0.1, 0.15) is 29.6 Å². The van der Waals surface area contributed by atoms with Crippen LogP contribution in [0.5, 0.6) is 17.2 Å². The van der Waals surface area contributed by atoms with E-state index in [9.17, 15) is 9.59 Å². The van der Waals surface area contributed by atoms with Crippen LogP contribution >= 0.6 is 0 Å². The molecule has 9 heteroatoms. The van der Waals surface area contributed by atoms with E-state index >= 15 is 0 Å². The van der Waals surface area contributed by atoms with Gasteiger partial charge in [0.05, 0.1) is 19.4 Å². The average molecular weight is 558 g/mol. The van der Waals surface area contributed by atoms with Crippen LogP contribution in [-0.4, -0.2) is 48.7 Å². The number of amides is 2. The summed E-state index contributed by atoms with van der Waals surface area (Å²) in [5.41, 5.74) is 2.61. The first-order valence-corrected chi connectivity index (χ1v) is 13.6. The van der Waals surface area contributed by atoms with Crippen LogP contribution in [0.1, 0.15) is 30.4 Å². The molecule has 0 aliphatic heterocycles. The second kappa shape index (κ2) is 14.6. The van der Waals surface area contributed by atoms with E-state index in [1.165, 1.54) is 4.90 Å². The van der Waals surface area contributed by atoms with Crippen LogP contribution in [0.15, 0.2) is 83.3 Å². The van der Waals surface area contributed by atoms with E-state index in [1.54, 1.807) is 31.4 Å². The molecule has 0 radical (unpaired) electrons. The molecule has 1 aromatic heterocycles. The largest absolute Gasteiger partial charge is 0.497 e. The van der Waals surface area contributed by atoms with Crippen molar-refractivity contribution in [2.75, 3.05) is 26.8 Å². The van der Waals surface area contributed by atoms with Crippen molar-refractivity contribution in [3.63, 3.8) is 0 Å². The first kappa shape index (κ1) is 29.2. The number of carbonyl (C=O) groups is 2. The lowest BCUT2D eigenvalue weighted by atomic mass is 10.2. The van der Waals surface area contributed by atoms with Gasteiger partial charge >= 0.3 is 6.09 Å². The molecule has 0 aliphatic rings. The average Bonchev–Trinajstić information content (AvgIpc) is 3.37. The Balaban J connectivity index is 1.34. The number of rotatable bonds is 13. The third-order valence-electron chi connectivity index (χ3n) is 6.25. The quantitative estimate of drug-likeness (QED) is 0.221. The number of aryl methyl sites for hydroxylation is 1. The fraction of sp³-hybridized carbons (Fsp3) is 0.281. The smallest absolute Gasteiger partial charge is 0.416 e. The zero-order valence-electron chi connectivity index (χ0n) is 23.6. The fourth-order valence-corrected chi connectivity index (χ4v) is 4.03. The van der Waals surface area contributed by atoms with Crippen molar-refractivity contribution in [2.24, 2.45) is 0 Å². The Bertz CT molecular complexity index is 1400. The summed E-state index contributed by atoms with van der Waals surface area (Å²) >= 11 is 0. The predicted molar refractivity (Wildman–Crippen MR) is 155 cm³/mol. The number of nitrogens with one attached hydrogen (secondary N) is 1. The normalized spacial score (nSPS) is 10.6. The van der Waals surface area contributed by atoms with E-state index < -0.39 is 6.09 Å². The molecule has 0 spiro atoms. The molecule has 0 bridgehead atoms. The molecule has 4 aromatic rings. The number of hydrogen-bond acceptors (Lipinski definition) is 7. The first-order valence-electron chi connectivity index (χ1n) is 13.6. The number of hydrogen-bond donors (Lipinski definition) is 1. The van der Waals surface area contributed by atoms with E-state index in [4.69, 9.17) is 18.6 Å². The van der Waals surface area contributed by atoms with E-state index in [0.717, 1.165) is 29.0 Å². The van der Waals surface area contributed by atoms with E-state index in [1.807, 2.05) is 68.4 Å². The Morgan fingerprint density at radius 1 is 0.927 bits per heavy atom. The third kappa shape index (κ3) is 8.60. The van der Waals surface area contributed by atoms with Crippen molar-refractivity contribution in [1.29, 1.82) is 0 Å². The Morgan fingerprint density at radius 2 is 1.61 bits per heavy atom. The van der Waals surface area contributed by atoms with Crippen molar-refractivity contribution in [3.05, 3.63) is 95.9 Å². The SMILES string of the molecule is CCCNC(=O)CN(Cc1ccc(OCCc2nc(-c3ccccc3)oc2C)cc1)C(=O)Oc1ccc(OC)cc1. The molecular weight excluding hydrogens is 522 g/mol. The van der Waals surface area contributed by atoms with Crippen LogP contribution in [0.4, 0.5) is 4.79 Å². The number of carbonyl (C=O) groups excluding carboxylic acids is 2. The number of methoxy groups -OCH3 is 1. The lowest BCUT2D eigenvalue weighted by Gasteiger charge is -2.22. The molecule has 0 fully saturated rings. The van der Waals surface area contributed by atoms with E-state index in [0.29, 0.717) is 42.7 Å². The molecule has 0 atom stereocenters. The molecule has 0 unspecified atom stereocenters. The summed E-state index contributed by atoms with van der Waals surface area (Å²) in [6, 6.07) is 23.9. The summed E-state index contributed by atoms with van der Waals surface area (Å²) in [7, 11) is 1.56. The third-order valence-corrected chi connectivity index (χ3v) is 6.25. The van der Waals surface area contributed by atoms with Crippen LogP contribution in [0, 0.1) is 6.92 Å². The van der Waals surface area contributed by atoms with Crippen LogP contribution in [-0.2, 0) is 17.8 Å². The summed E-state index contributed by atoms with van der Waals surface area (Å²) < 4.78 is 22.4. The molecule has 0 aliphatic carbocycles. The molecule has 4 rings (SSSR count). The minimum Gasteiger partial charge on any atom is -0.497 e. The molecule has 9 nitrogen and oxygen atoms in total. The van der Waals surface area contributed by atoms with Crippen molar-refractivity contribution < 1.29 is 28.2 Å². The van der Waals surface area contributed by atoms with Gasteiger partial charge in [-0.2, -0.15) is 0 Å². The summed E-state index contributed by atoms with van der Waals surface area (Å²) in [4.78, 5) is 31.4. The standard InChI is InChI=1S/C32H35N3O6/c1-4-19-33-30(36)22-35(32(37)41-28-16-14-26(38-3)15-17-28)21-24-10-12-27(13-11-24)39-20-18-29-23(2)40-31(34-29)25-8-6-5-7-9-25/h5-17H,4,18-22H2,1-3H3,(H,33,36). The second-order valence-electron chi connectivity index (χ2n) is 9.38. The van der Waals surface area contributed by atoms with Crippen LogP contribution in [0.25, 0.3) is 11.5 Å². The van der Waals surface area contributed by atoms with Gasteiger partial charge in [-0.1, -0.05) is 37.3 Å². The van der Waals surface area contributed by atoms with Gasteiger partial charge in [0, 0.05) is 25.1 Å². The Morgan fingerprint density at radius 3 is 2.29 bits per heavy atom. The molecule has 1 N–H and O–H groups in total. The van der Waals surface area contributed by atoms with Crippen molar-refractivity contribution in [3.8, 4) is 28.7 Å². The maximum Gasteiger partial charge on any atom is 0.416 e. The maximum absolute atomic E-state index is 13.0. The van der Waals surface area contributed by atoms with Gasteiger partial charge in [-0.15, -0.1) is 0 Å². The van der Waals surface area contributed by atoms with Crippen molar-refractivity contribution in [2.45, 2.75) is 33.2 Å². The van der Waals surface area contributed by atoms with Crippen molar-refractivity contribution in [1.82, 2.24) is 15.2 Å². The number of ether oxygens (including phenoxy) is 3.